The maximum absolute atomic E-state index is 12.3. The monoisotopic (exact) mass is 238 g/mol. The van der Waals surface area contributed by atoms with E-state index in [4.69, 9.17) is 0 Å². The molecule has 2 amide bonds. The lowest BCUT2D eigenvalue weighted by atomic mass is 9.87. The van der Waals surface area contributed by atoms with Gasteiger partial charge < -0.3 is 10.2 Å². The highest BCUT2D eigenvalue weighted by molar-refractivity contribution is 5.99. The third kappa shape index (κ3) is 1.94. The molecule has 1 aliphatic carbocycles. The molecule has 1 saturated heterocycles. The minimum atomic E-state index is -0.617. The first-order chi connectivity index (χ1) is 7.87. The molecule has 2 fully saturated rings. The van der Waals surface area contributed by atoms with Crippen LogP contribution < -0.4 is 5.32 Å². The number of carbonyl (C=O) groups excluding carboxylic acids is 2. The van der Waals surface area contributed by atoms with Crippen LogP contribution in [0.15, 0.2) is 0 Å². The maximum Gasteiger partial charge on any atom is 0.246 e. The number of nitrogens with zero attached hydrogens (tertiary/aromatic N) is 1. The van der Waals surface area contributed by atoms with Crippen molar-refractivity contribution >= 4 is 11.8 Å². The average molecular weight is 238 g/mol. The van der Waals surface area contributed by atoms with Crippen LogP contribution in [0.2, 0.25) is 0 Å². The number of piperazine rings is 1. The number of nitrogens with one attached hydrogen (secondary N) is 1. The Hall–Kier alpha value is -1.06. The fraction of sp³-hybridized carbons (Fsp3) is 0.846. The molecular formula is C13H22N2O2. The van der Waals surface area contributed by atoms with Crippen molar-refractivity contribution < 1.29 is 9.59 Å². The highest BCUT2D eigenvalue weighted by Gasteiger charge is 2.56. The molecule has 96 valence electrons. The van der Waals surface area contributed by atoms with Crippen molar-refractivity contribution in [2.24, 2.45) is 11.8 Å². The van der Waals surface area contributed by atoms with Crippen LogP contribution in [0.25, 0.3) is 0 Å². The molecule has 2 unspecified atom stereocenters. The summed E-state index contributed by atoms with van der Waals surface area (Å²) in [5.41, 5.74) is -0.617. The molecule has 0 aromatic carbocycles. The first-order valence-corrected chi connectivity index (χ1v) is 6.49. The molecule has 1 aliphatic heterocycles. The predicted octanol–water partition coefficient (Wildman–Crippen LogP) is 1.16. The standard InChI is InChI=1S/C13H22N2O2/c1-8(2)7-15-11(16)9(3)14-12(17)13(15,4)10-5-6-10/h8-10H,5-7H2,1-4H3,(H,14,17). The summed E-state index contributed by atoms with van der Waals surface area (Å²) in [6.45, 7) is 8.52. The van der Waals surface area contributed by atoms with E-state index in [1.807, 2.05) is 11.8 Å². The highest BCUT2D eigenvalue weighted by atomic mass is 16.2. The van der Waals surface area contributed by atoms with Gasteiger partial charge in [0.15, 0.2) is 0 Å². The molecule has 4 heteroatoms. The molecule has 17 heavy (non-hydrogen) atoms. The zero-order valence-corrected chi connectivity index (χ0v) is 11.1. The van der Waals surface area contributed by atoms with E-state index >= 15 is 0 Å². The molecule has 0 aromatic rings. The summed E-state index contributed by atoms with van der Waals surface area (Å²) in [6.07, 6.45) is 2.11. The zero-order chi connectivity index (χ0) is 12.8. The highest BCUT2D eigenvalue weighted by Crippen LogP contribution is 2.44. The zero-order valence-electron chi connectivity index (χ0n) is 11.1. The molecule has 2 rings (SSSR count). The van der Waals surface area contributed by atoms with Crippen LogP contribution in [0.5, 0.6) is 0 Å². The second-order valence-electron chi connectivity index (χ2n) is 5.96. The summed E-state index contributed by atoms with van der Waals surface area (Å²) in [5.74, 6) is 0.813. The molecule has 1 heterocycles. The van der Waals surface area contributed by atoms with E-state index in [1.54, 1.807) is 6.92 Å². The van der Waals surface area contributed by atoms with E-state index in [-0.39, 0.29) is 17.9 Å². The van der Waals surface area contributed by atoms with Gasteiger partial charge in [-0.15, -0.1) is 0 Å². The fourth-order valence-corrected chi connectivity index (χ4v) is 2.69. The van der Waals surface area contributed by atoms with E-state index in [1.165, 1.54) is 0 Å². The Morgan fingerprint density at radius 1 is 1.41 bits per heavy atom. The second kappa shape index (κ2) is 4.00. The molecular weight excluding hydrogens is 216 g/mol. The lowest BCUT2D eigenvalue weighted by Gasteiger charge is -2.46. The summed E-state index contributed by atoms with van der Waals surface area (Å²) in [5, 5.41) is 2.81. The van der Waals surface area contributed by atoms with Gasteiger partial charge in [-0.25, -0.2) is 0 Å². The Morgan fingerprint density at radius 3 is 2.47 bits per heavy atom. The quantitative estimate of drug-likeness (QED) is 0.802. The normalized spacial score (nSPS) is 34.2. The number of rotatable bonds is 3. The smallest absolute Gasteiger partial charge is 0.246 e. The number of carbonyl (C=O) groups is 2. The van der Waals surface area contributed by atoms with Crippen LogP contribution in [0, 0.1) is 11.8 Å². The Balaban J connectivity index is 2.31. The van der Waals surface area contributed by atoms with Crippen LogP contribution >= 0.6 is 0 Å². The van der Waals surface area contributed by atoms with Gasteiger partial charge in [-0.2, -0.15) is 0 Å². The number of hydrogen-bond acceptors (Lipinski definition) is 2. The largest absolute Gasteiger partial charge is 0.343 e. The Bertz CT molecular complexity index is 349. The van der Waals surface area contributed by atoms with Gasteiger partial charge in [-0.1, -0.05) is 13.8 Å². The SMILES string of the molecule is CC(C)CN1C(=O)C(C)NC(=O)C1(C)C1CC1. The maximum atomic E-state index is 12.3. The first kappa shape index (κ1) is 12.4. The van der Waals surface area contributed by atoms with E-state index < -0.39 is 5.54 Å². The van der Waals surface area contributed by atoms with Crippen LogP contribution in [0.1, 0.15) is 40.5 Å². The lowest BCUT2D eigenvalue weighted by molar-refractivity contribution is -0.158. The molecule has 4 nitrogen and oxygen atoms in total. The van der Waals surface area contributed by atoms with Crippen LogP contribution in [0.3, 0.4) is 0 Å². The van der Waals surface area contributed by atoms with Crippen molar-refractivity contribution in [1.29, 1.82) is 0 Å². The Labute approximate surface area is 103 Å². The van der Waals surface area contributed by atoms with Gasteiger partial charge in [0.2, 0.25) is 11.8 Å². The number of amides is 2. The van der Waals surface area contributed by atoms with Crippen molar-refractivity contribution in [1.82, 2.24) is 10.2 Å². The van der Waals surface area contributed by atoms with Crippen LogP contribution in [-0.4, -0.2) is 34.8 Å². The van der Waals surface area contributed by atoms with E-state index in [0.717, 1.165) is 12.8 Å². The van der Waals surface area contributed by atoms with Gasteiger partial charge in [0.1, 0.15) is 11.6 Å². The summed E-state index contributed by atoms with van der Waals surface area (Å²) in [7, 11) is 0. The van der Waals surface area contributed by atoms with Gasteiger partial charge in [0, 0.05) is 6.54 Å². The van der Waals surface area contributed by atoms with Gasteiger partial charge in [-0.05, 0) is 38.5 Å². The molecule has 2 atom stereocenters. The lowest BCUT2D eigenvalue weighted by Crippen LogP contribution is -2.70. The van der Waals surface area contributed by atoms with Gasteiger partial charge in [-0.3, -0.25) is 9.59 Å². The predicted molar refractivity (Wildman–Crippen MR) is 65.3 cm³/mol. The average Bonchev–Trinajstić information content (AvgIpc) is 3.05. The summed E-state index contributed by atoms with van der Waals surface area (Å²) in [6, 6.07) is -0.381. The summed E-state index contributed by atoms with van der Waals surface area (Å²) in [4.78, 5) is 26.3. The molecule has 0 bridgehead atoms. The van der Waals surface area contributed by atoms with Crippen molar-refractivity contribution in [2.75, 3.05) is 6.54 Å². The summed E-state index contributed by atoms with van der Waals surface area (Å²) < 4.78 is 0. The van der Waals surface area contributed by atoms with Crippen molar-refractivity contribution in [3.8, 4) is 0 Å². The van der Waals surface area contributed by atoms with Crippen molar-refractivity contribution in [3.05, 3.63) is 0 Å². The molecule has 0 radical (unpaired) electrons. The molecule has 2 aliphatic rings. The van der Waals surface area contributed by atoms with Crippen LogP contribution in [0.4, 0.5) is 0 Å². The molecule has 0 spiro atoms. The Kier molecular flexibility index (Phi) is 2.92. The van der Waals surface area contributed by atoms with E-state index in [0.29, 0.717) is 18.4 Å². The Morgan fingerprint density at radius 2 is 2.00 bits per heavy atom. The van der Waals surface area contributed by atoms with E-state index in [9.17, 15) is 9.59 Å². The molecule has 1 N–H and O–H groups in total. The van der Waals surface area contributed by atoms with Gasteiger partial charge >= 0.3 is 0 Å². The topological polar surface area (TPSA) is 49.4 Å². The van der Waals surface area contributed by atoms with Crippen LogP contribution in [-0.2, 0) is 9.59 Å². The van der Waals surface area contributed by atoms with Gasteiger partial charge in [0.05, 0.1) is 0 Å². The molecule has 0 aromatic heterocycles. The molecule has 1 saturated carbocycles. The number of hydrogen-bond donors (Lipinski definition) is 1. The second-order valence-corrected chi connectivity index (χ2v) is 5.96. The summed E-state index contributed by atoms with van der Waals surface area (Å²) >= 11 is 0. The third-order valence-electron chi connectivity index (χ3n) is 3.92. The van der Waals surface area contributed by atoms with E-state index in [2.05, 4.69) is 19.2 Å². The third-order valence-corrected chi connectivity index (χ3v) is 3.92. The minimum Gasteiger partial charge on any atom is -0.343 e. The van der Waals surface area contributed by atoms with Gasteiger partial charge in [0.25, 0.3) is 0 Å². The minimum absolute atomic E-state index is 0.0211. The van der Waals surface area contributed by atoms with Crippen molar-refractivity contribution in [3.63, 3.8) is 0 Å². The first-order valence-electron chi connectivity index (χ1n) is 6.49. The fourth-order valence-electron chi connectivity index (χ4n) is 2.69. The van der Waals surface area contributed by atoms with Crippen molar-refractivity contribution in [2.45, 2.75) is 52.1 Å².